The number of aryl methyl sites for hydroxylation is 1. The maximum atomic E-state index is 12.5. The summed E-state index contributed by atoms with van der Waals surface area (Å²) in [4.78, 5) is 26.5. The van der Waals surface area contributed by atoms with Gasteiger partial charge in [-0.05, 0) is 45.2 Å². The minimum atomic E-state index is -0.121. The molecular formula is C22H31N5O2. The molecule has 1 atom stereocenters. The molecule has 0 aliphatic carbocycles. The molecule has 1 aromatic heterocycles. The lowest BCUT2D eigenvalue weighted by Gasteiger charge is -2.34. The van der Waals surface area contributed by atoms with Crippen LogP contribution in [0.15, 0.2) is 30.3 Å². The maximum Gasteiger partial charge on any atom is 0.223 e. The lowest BCUT2D eigenvalue weighted by molar-refractivity contribution is -0.126. The van der Waals surface area contributed by atoms with Crippen LogP contribution in [0.4, 0.5) is 11.5 Å². The average Bonchev–Trinajstić information content (AvgIpc) is 3.04. The third kappa shape index (κ3) is 4.78. The van der Waals surface area contributed by atoms with Gasteiger partial charge in [0.15, 0.2) is 5.82 Å². The van der Waals surface area contributed by atoms with Gasteiger partial charge in [0.1, 0.15) is 5.69 Å². The van der Waals surface area contributed by atoms with Crippen molar-refractivity contribution in [3.8, 4) is 5.69 Å². The first kappa shape index (κ1) is 20.9. The molecule has 0 bridgehead atoms. The Balaban J connectivity index is 1.84. The molecule has 1 aliphatic heterocycles. The van der Waals surface area contributed by atoms with Crippen molar-refractivity contribution in [3.05, 3.63) is 36.0 Å². The minimum Gasteiger partial charge on any atom is -0.355 e. The van der Waals surface area contributed by atoms with Gasteiger partial charge in [0.25, 0.3) is 0 Å². The number of nitrogens with one attached hydrogen (secondary N) is 2. The Kier molecular flexibility index (Phi) is 6.56. The highest BCUT2D eigenvalue weighted by Crippen LogP contribution is 2.34. The van der Waals surface area contributed by atoms with Crippen molar-refractivity contribution in [1.29, 1.82) is 0 Å². The maximum absolute atomic E-state index is 12.5. The SMILES string of the molecule is CCC(C)NC(=O)C1CCN(c2c(NC(C)=O)c(C)nn2-c2ccccc2)CC1. The normalized spacial score (nSPS) is 15.8. The van der Waals surface area contributed by atoms with E-state index in [1.807, 2.05) is 48.9 Å². The van der Waals surface area contributed by atoms with Crippen LogP contribution in [0.2, 0.25) is 0 Å². The van der Waals surface area contributed by atoms with Crippen LogP contribution in [-0.4, -0.2) is 40.7 Å². The zero-order valence-electron chi connectivity index (χ0n) is 17.7. The van der Waals surface area contributed by atoms with Crippen LogP contribution >= 0.6 is 0 Å². The second-order valence-electron chi connectivity index (χ2n) is 7.79. The summed E-state index contributed by atoms with van der Waals surface area (Å²) in [6.45, 7) is 9.00. The number of piperidine rings is 1. The van der Waals surface area contributed by atoms with Gasteiger partial charge < -0.3 is 15.5 Å². The zero-order valence-corrected chi connectivity index (χ0v) is 17.7. The molecule has 1 saturated heterocycles. The number of carbonyl (C=O) groups is 2. The molecule has 2 heterocycles. The quantitative estimate of drug-likeness (QED) is 0.784. The molecule has 3 rings (SSSR count). The van der Waals surface area contributed by atoms with Gasteiger partial charge in [-0.15, -0.1) is 0 Å². The molecule has 2 aromatic rings. The number of hydrogen-bond donors (Lipinski definition) is 2. The van der Waals surface area contributed by atoms with E-state index in [0.717, 1.165) is 55.2 Å². The van der Waals surface area contributed by atoms with E-state index in [-0.39, 0.29) is 23.8 Å². The highest BCUT2D eigenvalue weighted by atomic mass is 16.2. The number of aromatic nitrogens is 2. The van der Waals surface area contributed by atoms with Gasteiger partial charge in [-0.3, -0.25) is 9.59 Å². The Morgan fingerprint density at radius 3 is 2.45 bits per heavy atom. The van der Waals surface area contributed by atoms with Gasteiger partial charge in [0.05, 0.1) is 11.4 Å². The number of benzene rings is 1. The van der Waals surface area contributed by atoms with E-state index in [1.54, 1.807) is 0 Å². The van der Waals surface area contributed by atoms with E-state index in [4.69, 9.17) is 5.10 Å². The number of rotatable bonds is 6. The molecule has 156 valence electrons. The van der Waals surface area contributed by atoms with E-state index in [1.165, 1.54) is 6.92 Å². The van der Waals surface area contributed by atoms with Gasteiger partial charge in [0.2, 0.25) is 11.8 Å². The predicted molar refractivity (Wildman–Crippen MR) is 115 cm³/mol. The van der Waals surface area contributed by atoms with E-state index in [0.29, 0.717) is 0 Å². The Hall–Kier alpha value is -2.83. The van der Waals surface area contributed by atoms with Crippen LogP contribution in [0.3, 0.4) is 0 Å². The standard InChI is InChI=1S/C22H31N5O2/c1-5-15(2)23-21(29)18-11-13-26(14-12-18)22-20(24-17(4)28)16(3)25-27(22)19-9-7-6-8-10-19/h6-10,15,18H,5,11-14H2,1-4H3,(H,23,29)(H,24,28). The fourth-order valence-electron chi connectivity index (χ4n) is 3.69. The smallest absolute Gasteiger partial charge is 0.223 e. The van der Waals surface area contributed by atoms with E-state index in [2.05, 4.69) is 22.5 Å². The Labute approximate surface area is 172 Å². The number of nitrogens with zero attached hydrogens (tertiary/aromatic N) is 3. The second-order valence-corrected chi connectivity index (χ2v) is 7.79. The summed E-state index contributed by atoms with van der Waals surface area (Å²) in [5, 5.41) is 10.7. The monoisotopic (exact) mass is 397 g/mol. The number of hydrogen-bond acceptors (Lipinski definition) is 4. The summed E-state index contributed by atoms with van der Waals surface area (Å²) in [5.74, 6) is 0.932. The molecule has 0 radical (unpaired) electrons. The molecule has 1 aromatic carbocycles. The molecule has 1 fully saturated rings. The average molecular weight is 398 g/mol. The number of anilines is 2. The summed E-state index contributed by atoms with van der Waals surface area (Å²) in [6.07, 6.45) is 2.49. The van der Waals surface area contributed by atoms with Crippen LogP contribution in [0.1, 0.15) is 45.7 Å². The van der Waals surface area contributed by atoms with Crippen molar-refractivity contribution in [1.82, 2.24) is 15.1 Å². The summed E-state index contributed by atoms with van der Waals surface area (Å²) in [7, 11) is 0. The Morgan fingerprint density at radius 2 is 1.86 bits per heavy atom. The molecule has 2 amide bonds. The lowest BCUT2D eigenvalue weighted by atomic mass is 9.95. The van der Waals surface area contributed by atoms with Crippen LogP contribution in [-0.2, 0) is 9.59 Å². The van der Waals surface area contributed by atoms with E-state index < -0.39 is 0 Å². The highest BCUT2D eigenvalue weighted by Gasteiger charge is 2.30. The first-order valence-corrected chi connectivity index (χ1v) is 10.4. The number of para-hydroxylation sites is 1. The van der Waals surface area contributed by atoms with Crippen molar-refractivity contribution in [2.45, 2.75) is 53.0 Å². The molecular weight excluding hydrogens is 366 g/mol. The van der Waals surface area contributed by atoms with Crippen LogP contribution in [0.25, 0.3) is 5.69 Å². The van der Waals surface area contributed by atoms with Gasteiger partial charge in [-0.2, -0.15) is 5.10 Å². The predicted octanol–water partition coefficient (Wildman–Crippen LogP) is 3.27. The second kappa shape index (κ2) is 9.11. The highest BCUT2D eigenvalue weighted by molar-refractivity contribution is 5.93. The molecule has 0 saturated carbocycles. The van der Waals surface area contributed by atoms with Crippen molar-refractivity contribution in [3.63, 3.8) is 0 Å². The summed E-state index contributed by atoms with van der Waals surface area (Å²) >= 11 is 0. The fraction of sp³-hybridized carbons (Fsp3) is 0.500. The van der Waals surface area contributed by atoms with Crippen molar-refractivity contribution < 1.29 is 9.59 Å². The first-order valence-electron chi connectivity index (χ1n) is 10.4. The Bertz CT molecular complexity index is 854. The van der Waals surface area contributed by atoms with Crippen LogP contribution in [0.5, 0.6) is 0 Å². The van der Waals surface area contributed by atoms with Crippen molar-refractivity contribution in [2.24, 2.45) is 5.92 Å². The largest absolute Gasteiger partial charge is 0.355 e. The first-order chi connectivity index (χ1) is 13.9. The Morgan fingerprint density at radius 1 is 1.21 bits per heavy atom. The summed E-state index contributed by atoms with van der Waals surface area (Å²) in [5.41, 5.74) is 2.46. The molecule has 0 spiro atoms. The number of carbonyl (C=O) groups excluding carboxylic acids is 2. The van der Waals surface area contributed by atoms with Gasteiger partial charge in [-0.25, -0.2) is 4.68 Å². The summed E-state index contributed by atoms with van der Waals surface area (Å²) < 4.78 is 1.89. The van der Waals surface area contributed by atoms with Gasteiger partial charge in [0, 0.05) is 32.0 Å². The third-order valence-electron chi connectivity index (χ3n) is 5.50. The fourth-order valence-corrected chi connectivity index (χ4v) is 3.69. The zero-order chi connectivity index (χ0) is 21.0. The topological polar surface area (TPSA) is 79.3 Å². The molecule has 7 nitrogen and oxygen atoms in total. The molecule has 1 aliphatic rings. The molecule has 29 heavy (non-hydrogen) atoms. The van der Waals surface area contributed by atoms with Crippen molar-refractivity contribution in [2.75, 3.05) is 23.3 Å². The van der Waals surface area contributed by atoms with Gasteiger partial charge in [-0.1, -0.05) is 25.1 Å². The third-order valence-corrected chi connectivity index (χ3v) is 5.50. The lowest BCUT2D eigenvalue weighted by Crippen LogP contribution is -2.43. The van der Waals surface area contributed by atoms with Crippen LogP contribution in [0, 0.1) is 12.8 Å². The van der Waals surface area contributed by atoms with Crippen molar-refractivity contribution >= 4 is 23.3 Å². The number of amides is 2. The van der Waals surface area contributed by atoms with E-state index in [9.17, 15) is 9.59 Å². The molecule has 7 heteroatoms. The van der Waals surface area contributed by atoms with Crippen LogP contribution < -0.4 is 15.5 Å². The summed E-state index contributed by atoms with van der Waals surface area (Å²) in [6, 6.07) is 10.1. The van der Waals surface area contributed by atoms with E-state index >= 15 is 0 Å². The van der Waals surface area contributed by atoms with Gasteiger partial charge >= 0.3 is 0 Å². The molecule has 1 unspecified atom stereocenters. The molecule has 2 N–H and O–H groups in total. The minimum absolute atomic E-state index is 0.0265.